The Kier molecular flexibility index (Phi) is 6.57. The number of aromatic nitrogens is 1. The lowest BCUT2D eigenvalue weighted by Gasteiger charge is -2.11. The maximum Gasteiger partial charge on any atom is 0.417 e. The van der Waals surface area contributed by atoms with Crippen LogP contribution in [0.25, 0.3) is 0 Å². The Labute approximate surface area is 145 Å². The molecule has 0 aliphatic heterocycles. The van der Waals surface area contributed by atoms with Crippen LogP contribution in [0.3, 0.4) is 0 Å². The van der Waals surface area contributed by atoms with Crippen LogP contribution in [0.1, 0.15) is 12.5 Å². The number of hydrogen-bond donors (Lipinski definition) is 1. The average molecular weight is 382 g/mol. The van der Waals surface area contributed by atoms with E-state index in [1.165, 1.54) is 31.2 Å². The molecule has 1 atom stereocenters. The molecule has 0 saturated heterocycles. The summed E-state index contributed by atoms with van der Waals surface area (Å²) in [4.78, 5) is 14.0. The lowest BCUT2D eigenvalue weighted by molar-refractivity contribution is -0.144. The van der Waals surface area contributed by atoms with Gasteiger partial charge in [-0.2, -0.15) is 13.2 Å². The molecule has 0 fully saturated rings. The van der Waals surface area contributed by atoms with Gasteiger partial charge >= 0.3 is 12.1 Å². The molecule has 1 unspecified atom stereocenters. The average Bonchev–Trinajstić information content (AvgIpc) is 2.50. The Balaban J connectivity index is 0.00000312. The number of halogens is 5. The molecule has 1 aromatic heterocycles. The largest absolute Gasteiger partial charge is 0.479 e. The zero-order valence-electron chi connectivity index (χ0n) is 12.6. The first kappa shape index (κ1) is 20.5. The number of aliphatic carboxylic acids is 1. The van der Waals surface area contributed by atoms with E-state index in [0.29, 0.717) is 6.20 Å². The van der Waals surface area contributed by atoms with Gasteiger partial charge in [0.05, 0.1) is 5.56 Å². The fourth-order valence-electron chi connectivity index (χ4n) is 1.61. The predicted octanol–water partition coefficient (Wildman–Crippen LogP) is 4.31. The van der Waals surface area contributed by atoms with Crippen molar-refractivity contribution >= 4 is 18.4 Å². The summed E-state index contributed by atoms with van der Waals surface area (Å²) in [5.74, 6) is -2.69. The van der Waals surface area contributed by atoms with Crippen LogP contribution in [0.4, 0.5) is 17.6 Å². The molecule has 1 heterocycles. The van der Waals surface area contributed by atoms with Gasteiger partial charge in [-0.3, -0.25) is 0 Å². The number of pyridine rings is 1. The van der Waals surface area contributed by atoms with Crippen LogP contribution in [-0.2, 0) is 11.0 Å². The Hall–Kier alpha value is -2.55. The number of alkyl halides is 3. The van der Waals surface area contributed by atoms with Crippen molar-refractivity contribution in [3.8, 4) is 17.4 Å². The van der Waals surface area contributed by atoms with Crippen molar-refractivity contribution < 1.29 is 36.9 Å². The molecule has 0 spiro atoms. The summed E-state index contributed by atoms with van der Waals surface area (Å²) in [6, 6.07) is 5.70. The van der Waals surface area contributed by atoms with Gasteiger partial charge in [-0.05, 0) is 37.3 Å². The first-order valence-electron chi connectivity index (χ1n) is 6.57. The van der Waals surface area contributed by atoms with Crippen molar-refractivity contribution in [1.82, 2.24) is 4.98 Å². The number of nitrogens with zero attached hydrogens (tertiary/aromatic N) is 1. The minimum atomic E-state index is -4.70. The highest BCUT2D eigenvalue weighted by Crippen LogP contribution is 2.32. The van der Waals surface area contributed by atoms with Gasteiger partial charge in [-0.25, -0.2) is 14.2 Å². The van der Waals surface area contributed by atoms with Crippen molar-refractivity contribution in [3.05, 3.63) is 47.9 Å². The van der Waals surface area contributed by atoms with E-state index in [-0.39, 0.29) is 30.0 Å². The van der Waals surface area contributed by atoms with Gasteiger partial charge in [0, 0.05) is 6.20 Å². The quantitative estimate of drug-likeness (QED) is 0.782. The molecule has 0 saturated carbocycles. The monoisotopic (exact) mass is 381 g/mol. The molecule has 0 radical (unpaired) electrons. The molecule has 2 aromatic rings. The van der Waals surface area contributed by atoms with Crippen molar-refractivity contribution in [2.24, 2.45) is 0 Å². The smallest absolute Gasteiger partial charge is 0.417 e. The third-order valence-corrected chi connectivity index (χ3v) is 2.83. The summed E-state index contributed by atoms with van der Waals surface area (Å²) < 4.78 is 61.1. The van der Waals surface area contributed by atoms with Crippen molar-refractivity contribution in [1.29, 1.82) is 0 Å². The second-order valence-corrected chi connectivity index (χ2v) is 4.68. The van der Waals surface area contributed by atoms with Crippen LogP contribution in [0.15, 0.2) is 36.5 Å². The van der Waals surface area contributed by atoms with E-state index in [2.05, 4.69) is 4.98 Å². The maximum atomic E-state index is 13.6. The topological polar surface area (TPSA) is 68.7 Å². The molecule has 1 N–H and O–H groups in total. The zero-order chi connectivity index (χ0) is 17.9. The number of rotatable bonds is 5. The summed E-state index contributed by atoms with van der Waals surface area (Å²) >= 11 is 0. The van der Waals surface area contributed by atoms with Gasteiger partial charge in [0.1, 0.15) is 11.5 Å². The number of carboxylic acid groups (broad SMARTS) is 1. The van der Waals surface area contributed by atoms with E-state index in [0.717, 1.165) is 0 Å². The fraction of sp³-hybridized carbons (Fsp3) is 0.200. The predicted molar refractivity (Wildman–Crippen MR) is 80.7 cm³/mol. The molecule has 10 heteroatoms. The summed E-state index contributed by atoms with van der Waals surface area (Å²) in [7, 11) is 0. The van der Waals surface area contributed by atoms with Gasteiger partial charge in [-0.15, -0.1) is 12.4 Å². The Morgan fingerprint density at radius 2 is 1.76 bits per heavy atom. The lowest BCUT2D eigenvalue weighted by Crippen LogP contribution is -2.22. The van der Waals surface area contributed by atoms with Gasteiger partial charge in [-0.1, -0.05) is 0 Å². The first-order valence-corrected chi connectivity index (χ1v) is 6.57. The van der Waals surface area contributed by atoms with E-state index < -0.39 is 35.5 Å². The molecule has 0 aliphatic rings. The Morgan fingerprint density at radius 3 is 2.24 bits per heavy atom. The number of carboxylic acids is 1. The van der Waals surface area contributed by atoms with E-state index in [1.54, 1.807) is 0 Å². The van der Waals surface area contributed by atoms with Crippen LogP contribution >= 0.6 is 12.4 Å². The Bertz CT molecular complexity index is 737. The van der Waals surface area contributed by atoms with Gasteiger partial charge in [0.2, 0.25) is 0 Å². The Morgan fingerprint density at radius 1 is 1.20 bits per heavy atom. The van der Waals surface area contributed by atoms with Crippen LogP contribution in [0.5, 0.6) is 17.4 Å². The minimum absolute atomic E-state index is 0. The van der Waals surface area contributed by atoms with E-state index in [4.69, 9.17) is 14.6 Å². The zero-order valence-corrected chi connectivity index (χ0v) is 13.4. The maximum absolute atomic E-state index is 13.6. The molecule has 0 bridgehead atoms. The molecule has 2 rings (SSSR count). The fourth-order valence-corrected chi connectivity index (χ4v) is 1.61. The van der Waals surface area contributed by atoms with Gasteiger partial charge < -0.3 is 14.6 Å². The highest BCUT2D eigenvalue weighted by Gasteiger charge is 2.32. The highest BCUT2D eigenvalue weighted by atomic mass is 35.5. The third-order valence-electron chi connectivity index (χ3n) is 2.83. The molecular weight excluding hydrogens is 370 g/mol. The summed E-state index contributed by atoms with van der Waals surface area (Å²) in [5, 5.41) is 8.72. The highest BCUT2D eigenvalue weighted by molar-refractivity contribution is 5.85. The summed E-state index contributed by atoms with van der Waals surface area (Å²) in [6.45, 7) is 1.34. The van der Waals surface area contributed by atoms with E-state index in [1.807, 2.05) is 0 Å². The van der Waals surface area contributed by atoms with Gasteiger partial charge in [0.15, 0.2) is 11.9 Å². The summed E-state index contributed by atoms with van der Waals surface area (Å²) in [5.41, 5.74) is -1.22. The lowest BCUT2D eigenvalue weighted by atomic mass is 10.2. The number of carbonyl (C=O) groups is 1. The molecule has 25 heavy (non-hydrogen) atoms. The third kappa shape index (κ3) is 5.49. The number of hydrogen-bond acceptors (Lipinski definition) is 4. The van der Waals surface area contributed by atoms with Gasteiger partial charge in [0.25, 0.3) is 5.88 Å². The van der Waals surface area contributed by atoms with Crippen molar-refractivity contribution in [2.75, 3.05) is 0 Å². The molecule has 0 aliphatic carbocycles. The number of ether oxygens (including phenoxy) is 2. The van der Waals surface area contributed by atoms with Crippen molar-refractivity contribution in [2.45, 2.75) is 19.2 Å². The molecular formula is C15H12ClF4NO4. The van der Waals surface area contributed by atoms with Crippen LogP contribution in [-0.4, -0.2) is 22.2 Å². The first-order chi connectivity index (χ1) is 11.2. The normalized spacial score (nSPS) is 12.0. The molecule has 0 amide bonds. The van der Waals surface area contributed by atoms with Crippen LogP contribution in [0.2, 0.25) is 0 Å². The second-order valence-electron chi connectivity index (χ2n) is 4.68. The molecule has 136 valence electrons. The minimum Gasteiger partial charge on any atom is -0.479 e. The standard InChI is InChI=1S/C15H11F4NO4.ClH/c1-8(14(21)22)23-10-2-4-11(5-3-10)24-13-12(16)6-9(7-20-13)15(17,18)19;/h2-8H,1H3,(H,21,22);1H. The van der Waals surface area contributed by atoms with E-state index >= 15 is 0 Å². The van der Waals surface area contributed by atoms with Crippen LogP contribution in [0, 0.1) is 5.82 Å². The van der Waals surface area contributed by atoms with Crippen LogP contribution < -0.4 is 9.47 Å². The second kappa shape index (κ2) is 8.02. The molecule has 5 nitrogen and oxygen atoms in total. The number of benzene rings is 1. The summed E-state index contributed by atoms with van der Waals surface area (Å²) in [6.07, 6.45) is -5.30. The molecule has 1 aromatic carbocycles. The SMILES string of the molecule is CC(Oc1ccc(Oc2ncc(C(F)(F)F)cc2F)cc1)C(=O)O.Cl. The van der Waals surface area contributed by atoms with E-state index in [9.17, 15) is 22.4 Å². The van der Waals surface area contributed by atoms with Crippen molar-refractivity contribution in [3.63, 3.8) is 0 Å².